The monoisotopic (exact) mass is 1150 g/mol. The summed E-state index contributed by atoms with van der Waals surface area (Å²) >= 11 is 0. The maximum absolute atomic E-state index is 14.3. The first-order valence-corrected chi connectivity index (χ1v) is 29.6. The number of carboxylic acids is 2. The molecular formula is C59H105N9O13. The number of hydrogen-bond donors (Lipinski definition) is 11. The molecule has 0 saturated carbocycles. The molecule has 0 aromatic rings. The number of nitrogens with one attached hydrogen (secondary N) is 8. The number of allylic oxidation sites excluding steroid dienone is 1. The number of hydrogen-bond acceptors (Lipinski definition) is 11. The van der Waals surface area contributed by atoms with Crippen molar-refractivity contribution in [3.8, 4) is 0 Å². The van der Waals surface area contributed by atoms with Crippen LogP contribution in [0.15, 0.2) is 12.2 Å². The number of rotatable bonds is 43. The molecule has 12 N–H and O–H groups in total. The molecule has 22 nitrogen and oxygen atoms in total. The Bertz CT molecular complexity index is 2040. The van der Waals surface area contributed by atoms with Crippen molar-refractivity contribution >= 4 is 65.1 Å². The van der Waals surface area contributed by atoms with E-state index in [1.165, 1.54) is 38.2 Å². The average Bonchev–Trinajstić information content (AvgIpc) is 3.34. The zero-order valence-electron chi connectivity index (χ0n) is 51.3. The second-order valence-corrected chi connectivity index (χ2v) is 24.3. The van der Waals surface area contributed by atoms with Gasteiger partial charge in [0.05, 0.1) is 6.42 Å². The molecule has 0 aromatic heterocycles. The molecule has 9 amide bonds. The molecule has 81 heavy (non-hydrogen) atoms. The Morgan fingerprint density at radius 1 is 0.420 bits per heavy atom. The lowest BCUT2D eigenvalue weighted by Gasteiger charge is -2.30. The van der Waals surface area contributed by atoms with Crippen LogP contribution >= 0.6 is 0 Å². The van der Waals surface area contributed by atoms with E-state index in [0.717, 1.165) is 25.2 Å². The highest BCUT2D eigenvalue weighted by atomic mass is 16.4. The number of nitrogens with two attached hydrogens (primary N) is 1. The topological polar surface area (TPSA) is 350 Å². The van der Waals surface area contributed by atoms with Crippen LogP contribution in [0.3, 0.4) is 0 Å². The first kappa shape index (κ1) is 74.9. The number of carboxylic acid groups (broad SMARTS) is 2. The Hall–Kier alpha value is -6.09. The maximum atomic E-state index is 14.3. The molecule has 0 rings (SSSR count). The van der Waals surface area contributed by atoms with Gasteiger partial charge < -0.3 is 58.5 Å². The number of carbonyl (C=O) groups is 11. The van der Waals surface area contributed by atoms with Crippen LogP contribution in [0.2, 0.25) is 0 Å². The summed E-state index contributed by atoms with van der Waals surface area (Å²) in [6.45, 7) is 25.5. The van der Waals surface area contributed by atoms with Crippen molar-refractivity contribution in [2.75, 3.05) is 0 Å². The number of amides is 9. The van der Waals surface area contributed by atoms with Gasteiger partial charge in [-0.2, -0.15) is 0 Å². The Morgan fingerprint density at radius 3 is 1.16 bits per heavy atom. The van der Waals surface area contributed by atoms with Crippen LogP contribution in [-0.4, -0.2) is 124 Å². The second-order valence-electron chi connectivity index (χ2n) is 24.3. The Kier molecular flexibility index (Phi) is 37.1. The molecule has 0 spiro atoms. The second kappa shape index (κ2) is 40.2. The van der Waals surface area contributed by atoms with E-state index >= 15 is 0 Å². The van der Waals surface area contributed by atoms with E-state index in [0.29, 0.717) is 12.8 Å². The molecule has 0 saturated heterocycles. The fraction of sp³-hybridized carbons (Fsp3) is 0.780. The largest absolute Gasteiger partial charge is 0.481 e. The van der Waals surface area contributed by atoms with Crippen molar-refractivity contribution < 1.29 is 63.0 Å². The van der Waals surface area contributed by atoms with Crippen LogP contribution in [-0.2, 0) is 52.7 Å². The van der Waals surface area contributed by atoms with E-state index in [4.69, 9.17) is 5.73 Å². The van der Waals surface area contributed by atoms with Gasteiger partial charge in [-0.1, -0.05) is 154 Å². The quantitative estimate of drug-likeness (QED) is 0.0273. The molecule has 0 aliphatic rings. The van der Waals surface area contributed by atoms with Gasteiger partial charge >= 0.3 is 11.9 Å². The van der Waals surface area contributed by atoms with Crippen LogP contribution in [0.5, 0.6) is 0 Å². The van der Waals surface area contributed by atoms with Gasteiger partial charge in [0.15, 0.2) is 0 Å². The lowest BCUT2D eigenvalue weighted by atomic mass is 9.97. The normalized spacial score (nSPS) is 15.0. The van der Waals surface area contributed by atoms with Gasteiger partial charge in [-0.25, -0.2) is 4.79 Å². The van der Waals surface area contributed by atoms with E-state index in [-0.39, 0.29) is 62.2 Å². The predicted octanol–water partition coefficient (Wildman–Crippen LogP) is 5.30. The third kappa shape index (κ3) is 33.4. The van der Waals surface area contributed by atoms with Gasteiger partial charge in [-0.05, 0) is 92.4 Å². The van der Waals surface area contributed by atoms with Crippen LogP contribution in [0.1, 0.15) is 206 Å². The molecule has 0 radical (unpaired) electrons. The number of primary amides is 1. The highest BCUT2D eigenvalue weighted by molar-refractivity contribution is 5.99. The lowest BCUT2D eigenvalue weighted by Crippen LogP contribution is -2.61. The zero-order chi connectivity index (χ0) is 62.1. The molecule has 0 fully saturated rings. The van der Waals surface area contributed by atoms with Crippen LogP contribution in [0, 0.1) is 41.4 Å². The maximum Gasteiger partial charge on any atom is 0.326 e. The third-order valence-electron chi connectivity index (χ3n) is 13.6. The molecule has 22 heteroatoms. The third-order valence-corrected chi connectivity index (χ3v) is 13.6. The van der Waals surface area contributed by atoms with E-state index in [1.54, 1.807) is 61.5 Å². The van der Waals surface area contributed by atoms with E-state index < -0.39 is 132 Å². The summed E-state index contributed by atoms with van der Waals surface area (Å²) in [5, 5.41) is 40.5. The minimum Gasteiger partial charge on any atom is -0.481 e. The summed E-state index contributed by atoms with van der Waals surface area (Å²) in [6.07, 6.45) is 12.3. The first-order chi connectivity index (χ1) is 37.8. The number of unbranched alkanes of at least 4 members (excludes halogenated alkanes) is 7. The smallest absolute Gasteiger partial charge is 0.326 e. The minimum absolute atomic E-state index is 0.0427. The summed E-state index contributed by atoms with van der Waals surface area (Å²) in [7, 11) is 0. The molecule has 0 aliphatic heterocycles. The summed E-state index contributed by atoms with van der Waals surface area (Å²) in [4.78, 5) is 147. The molecule has 0 aliphatic carbocycles. The van der Waals surface area contributed by atoms with E-state index in [1.807, 2.05) is 27.7 Å². The Balaban J connectivity index is 6.42. The average molecular weight is 1150 g/mol. The minimum atomic E-state index is -1.75. The molecule has 0 aromatic carbocycles. The van der Waals surface area contributed by atoms with Crippen LogP contribution < -0.4 is 48.3 Å². The van der Waals surface area contributed by atoms with Crippen molar-refractivity contribution in [2.45, 2.75) is 254 Å². The summed E-state index contributed by atoms with van der Waals surface area (Å²) in [6, 6.07) is -10.7. The summed E-state index contributed by atoms with van der Waals surface area (Å²) < 4.78 is 0. The molecular weight excluding hydrogens is 1040 g/mol. The SMILES string of the molecule is CC[C@H](C)[C@H](NC(=O)[C@@H](CC(C)C)NC(=O)[C@H](CC(=O)O)NC(=O)[C@@H](NC(=O)[C@@H](CC(C)C)NC(=O)[C@H](CC(C)C)NC(=O)[C@H](CC(C)C)NC(=O)[C@H](CCC(N)=O)NC(=O)/C=C/CCCCCCCCCC(C)C)C(C)C)C(=O)O. The lowest BCUT2D eigenvalue weighted by molar-refractivity contribution is -0.144. The van der Waals surface area contributed by atoms with Gasteiger partial charge in [-0.3, -0.25) is 47.9 Å². The summed E-state index contributed by atoms with van der Waals surface area (Å²) in [5.74, 6) is -10.9. The van der Waals surface area contributed by atoms with Gasteiger partial charge in [0.1, 0.15) is 48.3 Å². The summed E-state index contributed by atoms with van der Waals surface area (Å²) in [5.41, 5.74) is 5.43. The number of carbonyl (C=O) groups excluding carboxylic acids is 9. The highest BCUT2D eigenvalue weighted by Crippen LogP contribution is 2.16. The van der Waals surface area contributed by atoms with Crippen LogP contribution in [0.25, 0.3) is 0 Å². The molecule has 0 bridgehead atoms. The predicted molar refractivity (Wildman–Crippen MR) is 311 cm³/mol. The van der Waals surface area contributed by atoms with Gasteiger partial charge in [-0.15, -0.1) is 0 Å². The van der Waals surface area contributed by atoms with Crippen molar-refractivity contribution in [2.24, 2.45) is 47.2 Å². The van der Waals surface area contributed by atoms with Gasteiger partial charge in [0.25, 0.3) is 0 Å². The molecule has 0 unspecified atom stereocenters. The van der Waals surface area contributed by atoms with Crippen molar-refractivity contribution in [1.29, 1.82) is 0 Å². The standard InChI is InChI=1S/C59H105N9O13/c1-15-40(14)51(59(80)81)68-57(78)45(32-38(10)11)65-55(76)46(33-49(71)72)66-58(79)50(39(12)13)67-56(77)44(31-37(8)9)64-54(75)43(30-36(6)7)63-53(74)42(29-35(4)5)62-52(73)41(27-28-47(60)69)61-48(70)26-24-22-20-18-16-17-19-21-23-25-34(2)3/h24,26,34-46,50-51H,15-23,25,27-33H2,1-14H3,(H2,60,69)(H,61,70)(H,62,73)(H,63,74)(H,64,75)(H,65,76)(H,66,79)(H,67,77)(H,68,78)(H,71,72)(H,80,81)/b26-24+/t40-,41-,42-,43-,44+,45+,46-,50-,51-/m0/s1. The van der Waals surface area contributed by atoms with E-state index in [9.17, 15) is 63.0 Å². The fourth-order valence-electron chi connectivity index (χ4n) is 8.94. The Morgan fingerprint density at radius 2 is 0.790 bits per heavy atom. The number of aliphatic carboxylic acids is 2. The zero-order valence-corrected chi connectivity index (χ0v) is 51.3. The van der Waals surface area contributed by atoms with Gasteiger partial charge in [0.2, 0.25) is 53.2 Å². The molecule has 0 heterocycles. The van der Waals surface area contributed by atoms with E-state index in [2.05, 4.69) is 56.4 Å². The fourth-order valence-corrected chi connectivity index (χ4v) is 8.94. The molecule has 464 valence electrons. The van der Waals surface area contributed by atoms with Crippen LogP contribution in [0.4, 0.5) is 0 Å². The molecule has 9 atom stereocenters. The van der Waals surface area contributed by atoms with Crippen molar-refractivity contribution in [3.05, 3.63) is 12.2 Å². The van der Waals surface area contributed by atoms with Crippen molar-refractivity contribution in [1.82, 2.24) is 42.5 Å². The highest BCUT2D eigenvalue weighted by Gasteiger charge is 2.37. The van der Waals surface area contributed by atoms with Gasteiger partial charge in [0, 0.05) is 6.42 Å². The van der Waals surface area contributed by atoms with Crippen molar-refractivity contribution in [3.63, 3.8) is 0 Å². The first-order valence-electron chi connectivity index (χ1n) is 29.6. The Labute approximate surface area is 482 Å².